The van der Waals surface area contributed by atoms with Gasteiger partial charge in [-0.3, -0.25) is 9.78 Å². The Balaban J connectivity index is 1.41. The van der Waals surface area contributed by atoms with Crippen molar-refractivity contribution in [1.29, 1.82) is 0 Å². The van der Waals surface area contributed by atoms with E-state index in [1.165, 1.54) is 30.5 Å². The molecule has 0 aliphatic rings. The maximum atomic E-state index is 12.3. The number of halogens is 3. The maximum absolute atomic E-state index is 12.3. The molecule has 0 fully saturated rings. The van der Waals surface area contributed by atoms with E-state index >= 15 is 0 Å². The summed E-state index contributed by atoms with van der Waals surface area (Å²) in [4.78, 5) is 18.3. The van der Waals surface area contributed by atoms with Crippen LogP contribution < -0.4 is 14.3 Å². The first kappa shape index (κ1) is 25.1. The van der Waals surface area contributed by atoms with Gasteiger partial charge >= 0.3 is 11.2 Å². The number of aryl methyl sites for hydroxylation is 1. The number of hydrogen-bond donors (Lipinski definition) is 2. The lowest BCUT2D eigenvalue weighted by atomic mass is 10.0. The number of alkyl halides is 3. The predicted molar refractivity (Wildman–Crippen MR) is 128 cm³/mol. The van der Waals surface area contributed by atoms with Crippen LogP contribution in [0.1, 0.15) is 28.6 Å². The van der Waals surface area contributed by atoms with Gasteiger partial charge < -0.3 is 19.0 Å². The molecule has 4 aromatic rings. The van der Waals surface area contributed by atoms with Gasteiger partial charge in [-0.05, 0) is 66.9 Å². The van der Waals surface area contributed by atoms with E-state index in [1.807, 2.05) is 38.1 Å². The Morgan fingerprint density at radius 2 is 1.94 bits per heavy atom. The van der Waals surface area contributed by atoms with Crippen molar-refractivity contribution in [2.75, 3.05) is 0 Å². The first-order valence-corrected chi connectivity index (χ1v) is 11.5. The average Bonchev–Trinajstić information content (AvgIpc) is 3.41. The van der Waals surface area contributed by atoms with E-state index in [0.717, 1.165) is 28.0 Å². The zero-order valence-corrected chi connectivity index (χ0v) is 20.0. The van der Waals surface area contributed by atoms with E-state index in [0.29, 0.717) is 28.3 Å². The molecule has 2 N–H and O–H groups in total. The third-order valence-electron chi connectivity index (χ3n) is 5.07. The molecule has 0 saturated heterocycles. The minimum atomic E-state index is -4.76. The summed E-state index contributed by atoms with van der Waals surface area (Å²) < 4.78 is 52.2. The van der Waals surface area contributed by atoms with E-state index < -0.39 is 6.36 Å². The van der Waals surface area contributed by atoms with Crippen molar-refractivity contribution in [3.05, 3.63) is 86.2 Å². The van der Waals surface area contributed by atoms with Gasteiger partial charge in [0.05, 0.1) is 4.88 Å². The molecular formula is C25H21F3N2O5S. The minimum absolute atomic E-state index is 0.111. The normalized spacial score (nSPS) is 12.1. The van der Waals surface area contributed by atoms with Crippen molar-refractivity contribution in [2.24, 2.45) is 0 Å². The molecule has 2 heterocycles. The van der Waals surface area contributed by atoms with Gasteiger partial charge in [-0.1, -0.05) is 23.5 Å². The Kier molecular flexibility index (Phi) is 7.20. The third-order valence-corrected chi connectivity index (χ3v) is 5.97. The smallest absolute Gasteiger partial charge is 0.494 e. The monoisotopic (exact) mass is 518 g/mol. The summed E-state index contributed by atoms with van der Waals surface area (Å²) in [5.74, 6) is 0.415. The van der Waals surface area contributed by atoms with Crippen LogP contribution in [0.5, 0.6) is 17.4 Å². The van der Waals surface area contributed by atoms with Crippen LogP contribution in [0, 0.1) is 6.92 Å². The van der Waals surface area contributed by atoms with E-state index in [2.05, 4.69) is 14.7 Å². The standard InChI is InChI=1S/C25H21F3N2O5S/c1-14-9-17(15(2)3-8-21-22(31)30-24(32)36-21)11-20(10-14)33-12-18-13-34-23(29-18)16-4-6-19(7-5-16)35-25(26,27)28/h3-7,9-11,13,31H,8,12H2,1-2H3,(H,30,32). The highest BCUT2D eigenvalue weighted by molar-refractivity contribution is 7.09. The Hall–Kier alpha value is -3.99. The number of thiazole rings is 1. The fourth-order valence-corrected chi connectivity index (χ4v) is 4.06. The third kappa shape index (κ3) is 6.57. The van der Waals surface area contributed by atoms with Crippen LogP contribution in [0.3, 0.4) is 0 Å². The molecule has 0 atom stereocenters. The largest absolute Gasteiger partial charge is 0.573 e. The van der Waals surface area contributed by atoms with Crippen molar-refractivity contribution < 1.29 is 32.2 Å². The number of aromatic amines is 1. The molecule has 0 unspecified atom stereocenters. The highest BCUT2D eigenvalue weighted by Crippen LogP contribution is 2.28. The fraction of sp³-hybridized carbons (Fsp3) is 0.200. The van der Waals surface area contributed by atoms with Crippen molar-refractivity contribution in [1.82, 2.24) is 9.97 Å². The van der Waals surface area contributed by atoms with Crippen molar-refractivity contribution in [2.45, 2.75) is 33.2 Å². The number of rotatable bonds is 8. The van der Waals surface area contributed by atoms with Gasteiger partial charge in [0, 0.05) is 12.0 Å². The predicted octanol–water partition coefficient (Wildman–Crippen LogP) is 6.23. The van der Waals surface area contributed by atoms with Gasteiger partial charge in [0.1, 0.15) is 30.1 Å². The van der Waals surface area contributed by atoms with Crippen LogP contribution in [0.2, 0.25) is 0 Å². The summed E-state index contributed by atoms with van der Waals surface area (Å²) in [6.07, 6.45) is -0.999. The van der Waals surface area contributed by atoms with E-state index in [4.69, 9.17) is 9.15 Å². The molecule has 188 valence electrons. The molecule has 0 aliphatic carbocycles. The number of benzene rings is 2. The van der Waals surface area contributed by atoms with E-state index in [-0.39, 0.29) is 29.0 Å². The summed E-state index contributed by atoms with van der Waals surface area (Å²) in [7, 11) is 0. The molecule has 11 heteroatoms. The maximum Gasteiger partial charge on any atom is 0.573 e. The Morgan fingerprint density at radius 3 is 2.61 bits per heavy atom. The molecule has 0 amide bonds. The number of hydrogen-bond acceptors (Lipinski definition) is 7. The molecule has 0 radical (unpaired) electrons. The van der Waals surface area contributed by atoms with Crippen molar-refractivity contribution >= 4 is 16.9 Å². The van der Waals surface area contributed by atoms with Gasteiger partial charge in [-0.15, -0.1) is 13.2 Å². The molecule has 0 spiro atoms. The molecule has 7 nitrogen and oxygen atoms in total. The molecule has 36 heavy (non-hydrogen) atoms. The van der Waals surface area contributed by atoms with Crippen molar-refractivity contribution in [3.63, 3.8) is 0 Å². The van der Waals surface area contributed by atoms with Gasteiger partial charge in [0.25, 0.3) is 0 Å². The number of allylic oxidation sites excluding steroid dienone is 2. The second-order valence-corrected chi connectivity index (χ2v) is 8.98. The summed E-state index contributed by atoms with van der Waals surface area (Å²) in [5, 5.41) is 9.75. The minimum Gasteiger partial charge on any atom is -0.494 e. The van der Waals surface area contributed by atoms with Crippen LogP contribution >= 0.6 is 11.3 Å². The highest BCUT2D eigenvalue weighted by Gasteiger charge is 2.31. The Morgan fingerprint density at radius 1 is 1.19 bits per heavy atom. The molecule has 0 aliphatic heterocycles. The SMILES string of the molecule is CC(=CCc1sc(=O)[nH]c1O)c1cc(C)cc(OCc2coc(-c3ccc(OC(F)(F)F)cc3)n2)c1. The van der Waals surface area contributed by atoms with Crippen LogP contribution in [-0.2, 0) is 13.0 Å². The molecule has 4 rings (SSSR count). The van der Waals surface area contributed by atoms with E-state index in [9.17, 15) is 23.1 Å². The number of aromatic hydroxyl groups is 1. The van der Waals surface area contributed by atoms with Crippen molar-refractivity contribution in [3.8, 4) is 28.8 Å². The number of nitrogens with zero attached hydrogens (tertiary/aromatic N) is 1. The van der Waals surface area contributed by atoms with Crippen LogP contribution in [0.25, 0.3) is 17.0 Å². The summed E-state index contributed by atoms with van der Waals surface area (Å²) in [6.45, 7) is 3.99. The lowest BCUT2D eigenvalue weighted by Crippen LogP contribution is -2.16. The highest BCUT2D eigenvalue weighted by atomic mass is 32.1. The second kappa shape index (κ2) is 10.3. The molecule has 0 bridgehead atoms. The zero-order valence-electron chi connectivity index (χ0n) is 19.2. The zero-order chi connectivity index (χ0) is 25.9. The average molecular weight is 519 g/mol. The molecular weight excluding hydrogens is 497 g/mol. The van der Waals surface area contributed by atoms with Gasteiger partial charge in [-0.2, -0.15) is 0 Å². The van der Waals surface area contributed by atoms with Crippen LogP contribution in [-0.4, -0.2) is 21.4 Å². The quantitative estimate of drug-likeness (QED) is 0.287. The summed E-state index contributed by atoms with van der Waals surface area (Å²) in [6, 6.07) is 11.0. The Bertz CT molecular complexity index is 1440. The fourth-order valence-electron chi connectivity index (χ4n) is 3.38. The lowest BCUT2D eigenvalue weighted by molar-refractivity contribution is -0.274. The summed E-state index contributed by atoms with van der Waals surface area (Å²) >= 11 is 0.969. The molecule has 2 aromatic carbocycles. The van der Waals surface area contributed by atoms with Crippen LogP contribution in [0.4, 0.5) is 13.2 Å². The number of aromatic nitrogens is 2. The summed E-state index contributed by atoms with van der Waals surface area (Å²) in [5.41, 5.74) is 3.85. The molecule has 0 saturated carbocycles. The number of oxazole rings is 1. The number of nitrogens with one attached hydrogen (secondary N) is 1. The first-order chi connectivity index (χ1) is 17.1. The first-order valence-electron chi connectivity index (χ1n) is 10.7. The Labute approximate surface area is 207 Å². The van der Waals surface area contributed by atoms with Crippen LogP contribution in [0.15, 0.2) is 64.0 Å². The topological polar surface area (TPSA) is 97.6 Å². The van der Waals surface area contributed by atoms with Gasteiger partial charge in [0.15, 0.2) is 0 Å². The van der Waals surface area contributed by atoms with Gasteiger partial charge in [-0.25, -0.2) is 4.98 Å². The van der Waals surface area contributed by atoms with Gasteiger partial charge in [0.2, 0.25) is 11.8 Å². The van der Waals surface area contributed by atoms with E-state index in [1.54, 1.807) is 0 Å². The second-order valence-electron chi connectivity index (χ2n) is 7.92. The lowest BCUT2D eigenvalue weighted by Gasteiger charge is -2.09. The number of H-pyrrole nitrogens is 1. The molecule has 2 aromatic heterocycles. The number of ether oxygens (including phenoxy) is 2.